The van der Waals surface area contributed by atoms with Gasteiger partial charge in [-0.3, -0.25) is 0 Å². The highest BCUT2D eigenvalue weighted by atomic mass is 28.3. The molecule has 0 amide bonds. The van der Waals surface area contributed by atoms with E-state index in [1.807, 2.05) is 12.1 Å². The van der Waals surface area contributed by atoms with Gasteiger partial charge in [-0.2, -0.15) is 0 Å². The number of methoxy groups -OCH3 is 1. The Morgan fingerprint density at radius 2 is 1.90 bits per heavy atom. The minimum Gasteiger partial charge on any atom is -0.363 e. The first kappa shape index (κ1) is 11.6. The van der Waals surface area contributed by atoms with Gasteiger partial charge < -0.3 is 4.74 Å². The van der Waals surface area contributed by atoms with Crippen molar-refractivity contribution in [3.05, 3.63) is 18.2 Å². The maximum atomic E-state index is 7.47. The zero-order valence-corrected chi connectivity index (χ0v) is 15.1. The van der Waals surface area contributed by atoms with E-state index in [2.05, 4.69) is 55.7 Å². The molecule has 0 radical (unpaired) electrons. The van der Waals surface area contributed by atoms with Crippen LogP contribution in [0.3, 0.4) is 0 Å². The van der Waals surface area contributed by atoms with E-state index in [1.54, 1.807) is 4.68 Å². The van der Waals surface area contributed by atoms with E-state index in [-0.39, 0.29) is 0 Å². The van der Waals surface area contributed by atoms with Crippen molar-refractivity contribution < 1.29 is 8.85 Å². The van der Waals surface area contributed by atoms with Crippen molar-refractivity contribution in [2.75, 3.05) is 7.04 Å². The first-order valence-electron chi connectivity index (χ1n) is 8.33. The lowest BCUT2D eigenvalue weighted by atomic mass is 10.3. The number of ether oxygens (including phenoxy) is 1. The standard InChI is InChI=1S/C14H25N3OSi2/c1-18-14(20(5,6)7)17-11-9-8-10-12(19(2,3)4)13(11)15-16-17/h8-10,14H,1-7H3/i1D3. The smallest absolute Gasteiger partial charge is 0.136 e. The van der Waals surface area contributed by atoms with Crippen molar-refractivity contribution in [3.63, 3.8) is 0 Å². The van der Waals surface area contributed by atoms with E-state index >= 15 is 0 Å². The molecule has 1 aromatic heterocycles. The molecular formula is C14H25N3OSi2. The summed E-state index contributed by atoms with van der Waals surface area (Å²) in [5.74, 6) is -0.586. The SMILES string of the molecule is [2H]C([2H])([2H])OC(n1nnc2c([Si](C)(C)C)cccc21)[Si](C)(C)C. The minimum atomic E-state index is -2.46. The summed E-state index contributed by atoms with van der Waals surface area (Å²) >= 11 is 0. The Labute approximate surface area is 127 Å². The van der Waals surface area contributed by atoms with Gasteiger partial charge in [-0.1, -0.05) is 56.6 Å². The molecule has 2 aromatic rings. The molecule has 2 rings (SSSR count). The van der Waals surface area contributed by atoms with Gasteiger partial charge in [0.15, 0.2) is 0 Å². The van der Waals surface area contributed by atoms with Crippen molar-refractivity contribution in [1.29, 1.82) is 0 Å². The number of benzene rings is 1. The van der Waals surface area contributed by atoms with Crippen molar-refractivity contribution in [3.8, 4) is 0 Å². The van der Waals surface area contributed by atoms with Gasteiger partial charge >= 0.3 is 0 Å². The van der Waals surface area contributed by atoms with Crippen LogP contribution in [0.1, 0.15) is 9.96 Å². The average molecular weight is 311 g/mol. The highest BCUT2D eigenvalue weighted by Crippen LogP contribution is 2.25. The molecule has 0 N–H and O–H groups in total. The lowest BCUT2D eigenvalue weighted by Crippen LogP contribution is -2.38. The molecule has 1 atom stereocenters. The first-order valence-corrected chi connectivity index (χ1v) is 13.9. The molecular weight excluding hydrogens is 282 g/mol. The van der Waals surface area contributed by atoms with Crippen LogP contribution in [-0.2, 0) is 4.74 Å². The largest absolute Gasteiger partial charge is 0.363 e. The van der Waals surface area contributed by atoms with Crippen LogP contribution in [0.4, 0.5) is 0 Å². The lowest BCUT2D eigenvalue weighted by Gasteiger charge is -2.27. The highest BCUT2D eigenvalue weighted by molar-refractivity contribution is 6.90. The Morgan fingerprint density at radius 3 is 2.45 bits per heavy atom. The Morgan fingerprint density at radius 1 is 1.20 bits per heavy atom. The molecule has 0 saturated heterocycles. The second-order valence-corrected chi connectivity index (χ2v) is 17.6. The predicted octanol–water partition coefficient (Wildman–Crippen LogP) is 3.00. The molecule has 0 aliphatic rings. The number of fused-ring (bicyclic) bond motifs is 1. The number of nitrogens with zero attached hydrogens (tertiary/aromatic N) is 3. The predicted molar refractivity (Wildman–Crippen MR) is 89.9 cm³/mol. The molecule has 4 nitrogen and oxygen atoms in total. The first-order chi connectivity index (χ1) is 10.3. The van der Waals surface area contributed by atoms with Crippen LogP contribution in [0.25, 0.3) is 11.0 Å². The third-order valence-corrected chi connectivity index (χ3v) is 7.25. The average Bonchev–Trinajstić information content (AvgIpc) is 2.75. The van der Waals surface area contributed by atoms with Gasteiger partial charge in [0.05, 0.1) is 17.7 Å². The van der Waals surface area contributed by atoms with Crippen molar-refractivity contribution >= 4 is 32.4 Å². The summed E-state index contributed by atoms with van der Waals surface area (Å²) in [7, 11) is -6.02. The third kappa shape index (κ3) is 2.73. The maximum Gasteiger partial charge on any atom is 0.136 e. The van der Waals surface area contributed by atoms with Gasteiger partial charge in [-0.05, 0) is 11.3 Å². The molecule has 1 aromatic carbocycles. The van der Waals surface area contributed by atoms with Gasteiger partial charge in [0.1, 0.15) is 19.4 Å². The molecule has 6 heteroatoms. The Hall–Kier alpha value is -0.986. The fourth-order valence-corrected chi connectivity index (χ4v) is 5.10. The summed E-state index contributed by atoms with van der Waals surface area (Å²) in [6.07, 6.45) is 0. The quantitative estimate of drug-likeness (QED) is 0.815. The molecule has 0 spiro atoms. The summed E-state index contributed by atoms with van der Waals surface area (Å²) in [5, 5.41) is 9.85. The number of aromatic nitrogens is 3. The minimum absolute atomic E-state index is 0.586. The van der Waals surface area contributed by atoms with Crippen LogP contribution in [0.15, 0.2) is 18.2 Å². The fraction of sp³-hybridized carbons (Fsp3) is 0.571. The molecule has 0 aliphatic carbocycles. The molecule has 0 aliphatic heterocycles. The molecule has 110 valence electrons. The van der Waals surface area contributed by atoms with Gasteiger partial charge in [-0.15, -0.1) is 5.10 Å². The maximum absolute atomic E-state index is 7.47. The van der Waals surface area contributed by atoms with Crippen LogP contribution in [0.5, 0.6) is 0 Å². The summed E-state index contributed by atoms with van der Waals surface area (Å²) in [6, 6.07) is 6.03. The monoisotopic (exact) mass is 310 g/mol. The van der Waals surface area contributed by atoms with Crippen molar-refractivity contribution in [1.82, 2.24) is 15.0 Å². The Kier molecular flexibility index (Phi) is 2.96. The lowest BCUT2D eigenvalue weighted by molar-refractivity contribution is 0.0954. The van der Waals surface area contributed by atoms with Crippen LogP contribution < -0.4 is 5.19 Å². The van der Waals surface area contributed by atoms with Gasteiger partial charge in [0.25, 0.3) is 0 Å². The Balaban J connectivity index is 2.62. The molecule has 1 heterocycles. The van der Waals surface area contributed by atoms with Crippen molar-refractivity contribution in [2.24, 2.45) is 0 Å². The molecule has 0 bridgehead atoms. The number of hydrogen-bond donors (Lipinski definition) is 0. The summed E-state index contributed by atoms with van der Waals surface area (Å²) in [4.78, 5) is 0. The Bertz CT molecular complexity index is 702. The fourth-order valence-electron chi connectivity index (χ4n) is 2.33. The van der Waals surface area contributed by atoms with Crippen LogP contribution in [0.2, 0.25) is 39.3 Å². The topological polar surface area (TPSA) is 39.9 Å². The van der Waals surface area contributed by atoms with E-state index < -0.39 is 29.0 Å². The molecule has 0 saturated carbocycles. The third-order valence-electron chi connectivity index (χ3n) is 3.39. The number of rotatable bonds is 4. The molecule has 0 fully saturated rings. The number of hydrogen-bond acceptors (Lipinski definition) is 3. The summed E-state index contributed by atoms with van der Waals surface area (Å²) in [6.45, 7) is 13.0. The summed E-state index contributed by atoms with van der Waals surface area (Å²) in [5.41, 5.74) is 1.71. The van der Waals surface area contributed by atoms with Gasteiger partial charge in [0, 0.05) is 7.04 Å². The van der Waals surface area contributed by atoms with E-state index in [4.69, 9.17) is 8.85 Å². The van der Waals surface area contributed by atoms with E-state index in [9.17, 15) is 0 Å². The van der Waals surface area contributed by atoms with E-state index in [0.29, 0.717) is 0 Å². The second kappa shape index (κ2) is 5.09. The second-order valence-electron chi connectivity index (χ2n) is 7.29. The normalized spacial score (nSPS) is 17.6. The van der Waals surface area contributed by atoms with Crippen LogP contribution >= 0.6 is 0 Å². The molecule has 1 unspecified atom stereocenters. The summed E-state index contributed by atoms with van der Waals surface area (Å²) < 4.78 is 29.5. The zero-order chi connectivity index (χ0) is 17.6. The zero-order valence-electron chi connectivity index (χ0n) is 16.1. The van der Waals surface area contributed by atoms with Crippen LogP contribution in [0, 0.1) is 0 Å². The highest BCUT2D eigenvalue weighted by Gasteiger charge is 2.31. The van der Waals surface area contributed by atoms with Gasteiger partial charge in [-0.25, -0.2) is 4.68 Å². The van der Waals surface area contributed by atoms with E-state index in [1.165, 1.54) is 5.19 Å². The molecule has 20 heavy (non-hydrogen) atoms. The van der Waals surface area contributed by atoms with Crippen molar-refractivity contribution in [2.45, 2.75) is 45.1 Å². The van der Waals surface area contributed by atoms with Crippen LogP contribution in [-0.4, -0.2) is 38.2 Å². The van der Waals surface area contributed by atoms with Gasteiger partial charge in [0.2, 0.25) is 0 Å². The van der Waals surface area contributed by atoms with E-state index in [0.717, 1.165) is 11.0 Å².